The van der Waals surface area contributed by atoms with Crippen molar-refractivity contribution >= 4 is 81.8 Å². The Hall–Kier alpha value is -5.90. The molecule has 0 aromatic heterocycles. The van der Waals surface area contributed by atoms with Gasteiger partial charge in [0, 0.05) is 41.0 Å². The van der Waals surface area contributed by atoms with Gasteiger partial charge in [0.15, 0.2) is 0 Å². The highest BCUT2D eigenvalue weighted by molar-refractivity contribution is 14.1. The van der Waals surface area contributed by atoms with E-state index >= 15 is 0 Å². The average molecular weight is 1050 g/mol. The Morgan fingerprint density at radius 3 is 1.94 bits per heavy atom. The van der Waals surface area contributed by atoms with Gasteiger partial charge in [-0.25, -0.2) is 0 Å². The summed E-state index contributed by atoms with van der Waals surface area (Å²) in [6.07, 6.45) is 2.77. The number of benzene rings is 4. The van der Waals surface area contributed by atoms with Crippen LogP contribution < -0.4 is 37.6 Å². The van der Waals surface area contributed by atoms with Crippen molar-refractivity contribution in [1.82, 2.24) is 31.9 Å². The van der Waals surface area contributed by atoms with Gasteiger partial charge in [0.1, 0.15) is 18.1 Å². The van der Waals surface area contributed by atoms with Crippen LogP contribution >= 0.6 is 22.6 Å². The molecule has 0 fully saturated rings. The van der Waals surface area contributed by atoms with E-state index in [1.54, 1.807) is 42.5 Å². The van der Waals surface area contributed by atoms with Crippen molar-refractivity contribution in [1.29, 1.82) is 0 Å². The molecule has 0 saturated carbocycles. The topological polar surface area (TPSA) is 278 Å². The highest BCUT2D eigenvalue weighted by atomic mass is 127. The van der Waals surface area contributed by atoms with E-state index in [1.807, 2.05) is 61.5 Å². The van der Waals surface area contributed by atoms with Crippen LogP contribution in [0.1, 0.15) is 92.6 Å². The van der Waals surface area contributed by atoms with Crippen molar-refractivity contribution in [3.8, 4) is 0 Å². The van der Waals surface area contributed by atoms with E-state index in [0.29, 0.717) is 44.2 Å². The monoisotopic (exact) mass is 1050 g/mol. The smallest absolute Gasteiger partial charge is 0.426 e. The summed E-state index contributed by atoms with van der Waals surface area (Å²) >= 11 is 2.17. The van der Waals surface area contributed by atoms with E-state index in [1.165, 1.54) is 0 Å². The summed E-state index contributed by atoms with van der Waals surface area (Å²) in [7, 11) is -1.92. The zero-order valence-electron chi connectivity index (χ0n) is 38.3. The number of aliphatic hydroxyl groups is 1. The van der Waals surface area contributed by atoms with Crippen LogP contribution in [0.4, 0.5) is 0 Å². The van der Waals surface area contributed by atoms with Crippen molar-refractivity contribution in [2.45, 2.75) is 114 Å². The molecule has 0 bridgehead atoms. The number of amides is 7. The number of aliphatic hydroxyl groups excluding tert-OH is 1. The van der Waals surface area contributed by atoms with Crippen LogP contribution in [0.2, 0.25) is 0 Å². The van der Waals surface area contributed by atoms with Crippen molar-refractivity contribution in [3.05, 3.63) is 117 Å². The normalized spacial score (nSPS) is 13.2. The molecule has 0 radical (unpaired) electrons. The fourth-order valence-corrected chi connectivity index (χ4v) is 7.81. The summed E-state index contributed by atoms with van der Waals surface area (Å²) < 4.78 is 1.02. The molecule has 0 heterocycles. The molecule has 19 heteroatoms. The van der Waals surface area contributed by atoms with Crippen LogP contribution in [0.3, 0.4) is 0 Å². The lowest BCUT2D eigenvalue weighted by Crippen LogP contribution is -2.59. The van der Waals surface area contributed by atoms with Crippen LogP contribution in [0.25, 0.3) is 10.8 Å². The number of fused-ring (bicyclic) bond motifs is 1. The van der Waals surface area contributed by atoms with Crippen molar-refractivity contribution < 1.29 is 48.7 Å². The third-order valence-corrected chi connectivity index (χ3v) is 11.9. The van der Waals surface area contributed by atoms with Gasteiger partial charge < -0.3 is 52.8 Å². The lowest BCUT2D eigenvalue weighted by Gasteiger charge is -2.26. The predicted molar refractivity (Wildman–Crippen MR) is 267 cm³/mol. The van der Waals surface area contributed by atoms with E-state index in [2.05, 4.69) is 54.5 Å². The van der Waals surface area contributed by atoms with Gasteiger partial charge in [-0.2, -0.15) is 0 Å². The van der Waals surface area contributed by atoms with Crippen LogP contribution in [0, 0.1) is 3.57 Å². The first kappa shape index (κ1) is 54.7. The van der Waals surface area contributed by atoms with Gasteiger partial charge in [-0.3, -0.25) is 33.6 Å². The van der Waals surface area contributed by atoms with Crippen molar-refractivity contribution in [2.75, 3.05) is 13.2 Å². The molecule has 4 aromatic rings. The summed E-state index contributed by atoms with van der Waals surface area (Å²) in [6, 6.07) is 24.8. The predicted octanol–water partition coefficient (Wildman–Crippen LogP) is 2.49. The third-order valence-electron chi connectivity index (χ3n) is 11.2. The third kappa shape index (κ3) is 19.4. The Labute approximate surface area is 410 Å². The number of unbranched alkanes of at least 4 members (excludes halogenated alkanes) is 3. The second-order valence-electron chi connectivity index (χ2n) is 16.7. The standard InChI is InChI=1S/C49H63BIN7O10/c1-2-3-16-39(48(65)58-42(50(67)68)29-32-12-6-4-7-13-32)56-47(64)40(24-25-43(52)60)57-49(66)41(31-59)55-45(62)30-38(28-33-18-19-34-14-9-10-15-36(34)27-33)54-44(61)17-8-5-11-26-53-46(63)35-20-22-37(51)23-21-35/h4,6-7,9-10,12-15,18-23,27,38-42,59,67-68H,2-3,5,8,11,16-17,24-26,28-31H2,1H3,(H2,52,60)(H,53,63)(H,54,61)(H,55,62)(H,56,64)(H,57,66)(H,58,65)/t38-,39-,40-,41-,42+/m0/s1. The maximum Gasteiger partial charge on any atom is 0.475 e. The molecular weight excluding hydrogens is 984 g/mol. The number of halogens is 1. The SMILES string of the molecule is CCCC[C@H](NC(=O)[C@H](CCC(N)=O)NC(=O)[C@H](CO)NC(=O)C[C@H](Cc1ccc2ccccc2c1)NC(=O)CCCCCNC(=O)c1ccc(I)cc1)C(=O)N[C@H](Cc1ccccc1)B(O)O. The number of nitrogens with two attached hydrogens (primary N) is 1. The molecule has 0 spiro atoms. The summed E-state index contributed by atoms with van der Waals surface area (Å²) in [4.78, 5) is 92.1. The van der Waals surface area contributed by atoms with E-state index < -0.39 is 73.4 Å². The summed E-state index contributed by atoms with van der Waals surface area (Å²) in [5, 5.41) is 48.5. The molecule has 7 amide bonds. The molecule has 11 N–H and O–H groups in total. The quantitative estimate of drug-likeness (QED) is 0.0216. The highest BCUT2D eigenvalue weighted by Gasteiger charge is 2.33. The number of hydrogen-bond donors (Lipinski definition) is 10. The lowest BCUT2D eigenvalue weighted by molar-refractivity contribution is -0.135. The second kappa shape index (κ2) is 29.1. The molecule has 0 saturated heterocycles. The zero-order chi connectivity index (χ0) is 49.4. The first-order chi connectivity index (χ1) is 32.6. The Kier molecular flexibility index (Phi) is 23.4. The number of carbonyl (C=O) groups is 7. The average Bonchev–Trinajstić information content (AvgIpc) is 3.31. The van der Waals surface area contributed by atoms with Crippen LogP contribution in [0.15, 0.2) is 97.1 Å². The summed E-state index contributed by atoms with van der Waals surface area (Å²) in [5.41, 5.74) is 7.53. The van der Waals surface area contributed by atoms with Gasteiger partial charge >= 0.3 is 7.12 Å². The van der Waals surface area contributed by atoms with Gasteiger partial charge in [0.05, 0.1) is 12.5 Å². The van der Waals surface area contributed by atoms with Crippen LogP contribution in [-0.2, 0) is 41.6 Å². The van der Waals surface area contributed by atoms with Gasteiger partial charge in [-0.1, -0.05) is 99.0 Å². The summed E-state index contributed by atoms with van der Waals surface area (Å²) in [6.45, 7) is 1.45. The number of primary amides is 1. The maximum absolute atomic E-state index is 13.8. The van der Waals surface area contributed by atoms with E-state index in [9.17, 15) is 48.7 Å². The lowest BCUT2D eigenvalue weighted by atomic mass is 9.75. The van der Waals surface area contributed by atoms with E-state index in [4.69, 9.17) is 5.73 Å². The fraction of sp³-hybridized carbons (Fsp3) is 0.408. The first-order valence-electron chi connectivity index (χ1n) is 23.0. The minimum atomic E-state index is -1.92. The van der Waals surface area contributed by atoms with E-state index in [-0.39, 0.29) is 56.8 Å². The number of hydrogen-bond acceptors (Lipinski definition) is 10. The molecule has 0 unspecified atom stereocenters. The molecule has 4 rings (SSSR count). The van der Waals surface area contributed by atoms with Gasteiger partial charge in [0.25, 0.3) is 5.91 Å². The Bertz CT molecular complexity index is 2290. The molecule has 0 aliphatic heterocycles. The Balaban J connectivity index is 1.39. The van der Waals surface area contributed by atoms with Crippen LogP contribution in [0.5, 0.6) is 0 Å². The number of rotatable bonds is 29. The largest absolute Gasteiger partial charge is 0.475 e. The molecule has 17 nitrogen and oxygen atoms in total. The van der Waals surface area contributed by atoms with E-state index in [0.717, 1.165) is 25.5 Å². The van der Waals surface area contributed by atoms with Crippen molar-refractivity contribution in [3.63, 3.8) is 0 Å². The number of carbonyl (C=O) groups excluding carboxylic acids is 7. The minimum Gasteiger partial charge on any atom is -0.426 e. The fourth-order valence-electron chi connectivity index (χ4n) is 7.45. The van der Waals surface area contributed by atoms with Crippen molar-refractivity contribution in [2.24, 2.45) is 5.73 Å². The van der Waals surface area contributed by atoms with Gasteiger partial charge in [0.2, 0.25) is 35.4 Å². The van der Waals surface area contributed by atoms with Gasteiger partial charge in [-0.15, -0.1) is 0 Å². The highest BCUT2D eigenvalue weighted by Crippen LogP contribution is 2.18. The van der Waals surface area contributed by atoms with Gasteiger partial charge in [-0.05, 0) is 107 Å². The molecule has 364 valence electrons. The second-order valence-corrected chi connectivity index (χ2v) is 18.0. The van der Waals surface area contributed by atoms with Crippen LogP contribution in [-0.4, -0.2) is 107 Å². The molecule has 0 aliphatic rings. The molecule has 5 atom stereocenters. The molecular formula is C49H63BIN7O10. The maximum atomic E-state index is 13.8. The molecule has 4 aromatic carbocycles. The molecule has 0 aliphatic carbocycles. The first-order valence-corrected chi connectivity index (χ1v) is 24.0. The Morgan fingerprint density at radius 2 is 1.28 bits per heavy atom. The zero-order valence-corrected chi connectivity index (χ0v) is 40.4. The minimum absolute atomic E-state index is 0.0830. The number of nitrogens with one attached hydrogen (secondary N) is 6. The summed E-state index contributed by atoms with van der Waals surface area (Å²) in [5.74, 6) is -5.56. The molecule has 68 heavy (non-hydrogen) atoms. The Morgan fingerprint density at radius 1 is 0.632 bits per heavy atom.